The summed E-state index contributed by atoms with van der Waals surface area (Å²) >= 11 is 0. The van der Waals surface area contributed by atoms with E-state index in [1.165, 1.54) is 61.5 Å². The van der Waals surface area contributed by atoms with Gasteiger partial charge >= 0.3 is 0 Å². The van der Waals surface area contributed by atoms with E-state index in [9.17, 15) is 27.7 Å². The molecular weight excluding hydrogens is 437 g/mol. The van der Waals surface area contributed by atoms with Crippen LogP contribution < -0.4 is 9.62 Å². The van der Waals surface area contributed by atoms with Crippen molar-refractivity contribution in [3.8, 4) is 0 Å². The molecular formula is C22H20FN3O5S. The average molecular weight is 457 g/mol. The molecule has 8 nitrogen and oxygen atoms in total. The smallest absolute Gasteiger partial charge is 0.274 e. The molecule has 3 rings (SSSR count). The van der Waals surface area contributed by atoms with E-state index in [0.29, 0.717) is 11.3 Å². The number of benzene rings is 3. The van der Waals surface area contributed by atoms with Crippen molar-refractivity contribution in [1.29, 1.82) is 0 Å². The number of amides is 1. The first-order chi connectivity index (χ1) is 15.1. The molecule has 0 spiro atoms. The standard InChI is InChI=1S/C22H20FN3O5S/c1-15-20(8-5-9-21(15)26(28)29)24-22(27)16-10-12-18(13-11-16)25(32(2,30)31)14-17-6-3-4-7-19(17)23/h3-13H,14H2,1-2H3,(H,24,27). The zero-order valence-electron chi connectivity index (χ0n) is 17.3. The molecule has 0 saturated heterocycles. The van der Waals surface area contributed by atoms with Gasteiger partial charge in [0.25, 0.3) is 11.6 Å². The summed E-state index contributed by atoms with van der Waals surface area (Å²) < 4.78 is 39.7. The van der Waals surface area contributed by atoms with Crippen molar-refractivity contribution >= 4 is 33.0 Å². The van der Waals surface area contributed by atoms with Gasteiger partial charge in [0.2, 0.25) is 10.0 Å². The van der Waals surface area contributed by atoms with Crippen LogP contribution in [0.5, 0.6) is 0 Å². The predicted molar refractivity (Wildman–Crippen MR) is 120 cm³/mol. The van der Waals surface area contributed by atoms with Crippen molar-refractivity contribution in [2.24, 2.45) is 0 Å². The van der Waals surface area contributed by atoms with Crippen LogP contribution in [-0.4, -0.2) is 25.5 Å². The molecule has 0 heterocycles. The third kappa shape index (κ3) is 5.09. The van der Waals surface area contributed by atoms with Crippen LogP contribution in [0.1, 0.15) is 21.5 Å². The Hall–Kier alpha value is -3.79. The average Bonchev–Trinajstić information content (AvgIpc) is 2.73. The maximum atomic E-state index is 14.0. The second kappa shape index (κ2) is 9.15. The van der Waals surface area contributed by atoms with Crippen molar-refractivity contribution in [2.75, 3.05) is 15.9 Å². The van der Waals surface area contributed by atoms with Gasteiger partial charge in [-0.3, -0.25) is 19.2 Å². The second-order valence-corrected chi connectivity index (χ2v) is 8.98. The fourth-order valence-corrected chi connectivity index (χ4v) is 3.99. The second-order valence-electron chi connectivity index (χ2n) is 7.07. The molecule has 166 valence electrons. The highest BCUT2D eigenvalue weighted by molar-refractivity contribution is 7.92. The van der Waals surface area contributed by atoms with E-state index in [4.69, 9.17) is 0 Å². The number of nitro groups is 1. The molecule has 0 fully saturated rings. The molecule has 0 bridgehead atoms. The minimum atomic E-state index is -3.73. The largest absolute Gasteiger partial charge is 0.321 e. The van der Waals surface area contributed by atoms with Gasteiger partial charge in [0.05, 0.1) is 34.7 Å². The van der Waals surface area contributed by atoms with Gasteiger partial charge in [0.15, 0.2) is 0 Å². The number of nitro benzene ring substituents is 1. The number of halogens is 1. The van der Waals surface area contributed by atoms with Gasteiger partial charge in [-0.25, -0.2) is 12.8 Å². The molecule has 1 N–H and O–H groups in total. The summed E-state index contributed by atoms with van der Waals surface area (Å²) in [5.41, 5.74) is 1.19. The Kier molecular flexibility index (Phi) is 6.54. The van der Waals surface area contributed by atoms with Gasteiger partial charge in [-0.05, 0) is 43.3 Å². The molecule has 0 radical (unpaired) electrons. The number of rotatable bonds is 7. The number of nitrogens with one attached hydrogen (secondary N) is 1. The van der Waals surface area contributed by atoms with Crippen LogP contribution in [0.4, 0.5) is 21.5 Å². The fourth-order valence-electron chi connectivity index (χ4n) is 3.11. The third-order valence-corrected chi connectivity index (χ3v) is 5.98. The van der Waals surface area contributed by atoms with E-state index in [-0.39, 0.29) is 29.0 Å². The van der Waals surface area contributed by atoms with Gasteiger partial charge in [-0.15, -0.1) is 0 Å². The minimum absolute atomic E-state index is 0.116. The molecule has 3 aromatic carbocycles. The van der Waals surface area contributed by atoms with Crippen molar-refractivity contribution < 1.29 is 22.5 Å². The normalized spacial score (nSPS) is 11.1. The Balaban J connectivity index is 1.84. The van der Waals surface area contributed by atoms with Crippen LogP contribution in [0.15, 0.2) is 66.7 Å². The number of hydrogen-bond donors (Lipinski definition) is 1. The van der Waals surface area contributed by atoms with Crippen molar-refractivity contribution in [1.82, 2.24) is 0 Å². The molecule has 0 aliphatic heterocycles. The zero-order valence-corrected chi connectivity index (χ0v) is 18.1. The highest BCUT2D eigenvalue weighted by atomic mass is 32.2. The lowest BCUT2D eigenvalue weighted by molar-refractivity contribution is -0.385. The molecule has 10 heteroatoms. The van der Waals surface area contributed by atoms with Gasteiger partial charge in [-0.2, -0.15) is 0 Å². The number of carbonyl (C=O) groups is 1. The molecule has 32 heavy (non-hydrogen) atoms. The van der Waals surface area contributed by atoms with E-state index in [1.54, 1.807) is 12.1 Å². The lowest BCUT2D eigenvalue weighted by Crippen LogP contribution is -2.29. The first-order valence-electron chi connectivity index (χ1n) is 9.44. The number of carbonyl (C=O) groups excluding carboxylic acids is 1. The monoisotopic (exact) mass is 457 g/mol. The van der Waals surface area contributed by atoms with E-state index < -0.39 is 26.7 Å². The van der Waals surface area contributed by atoms with E-state index in [2.05, 4.69) is 5.32 Å². The van der Waals surface area contributed by atoms with Crippen LogP contribution in [-0.2, 0) is 16.6 Å². The van der Waals surface area contributed by atoms with E-state index in [1.807, 2.05) is 0 Å². The maximum absolute atomic E-state index is 14.0. The van der Waals surface area contributed by atoms with Crippen LogP contribution in [0.25, 0.3) is 0 Å². The Bertz CT molecular complexity index is 1280. The minimum Gasteiger partial charge on any atom is -0.321 e. The first kappa shape index (κ1) is 22.9. The van der Waals surface area contributed by atoms with Crippen LogP contribution in [0, 0.1) is 22.9 Å². The molecule has 0 unspecified atom stereocenters. The maximum Gasteiger partial charge on any atom is 0.274 e. The Morgan fingerprint density at radius 3 is 2.31 bits per heavy atom. The zero-order chi connectivity index (χ0) is 23.5. The summed E-state index contributed by atoms with van der Waals surface area (Å²) in [6.07, 6.45) is 1.01. The Morgan fingerprint density at radius 2 is 1.72 bits per heavy atom. The van der Waals surface area contributed by atoms with Crippen molar-refractivity contribution in [2.45, 2.75) is 13.5 Å². The highest BCUT2D eigenvalue weighted by Crippen LogP contribution is 2.26. The predicted octanol–water partition coefficient (Wildman–Crippen LogP) is 4.26. The topological polar surface area (TPSA) is 110 Å². The van der Waals surface area contributed by atoms with Gasteiger partial charge in [0, 0.05) is 17.2 Å². The fraction of sp³-hybridized carbons (Fsp3) is 0.136. The van der Waals surface area contributed by atoms with E-state index >= 15 is 0 Å². The van der Waals surface area contributed by atoms with Crippen LogP contribution >= 0.6 is 0 Å². The van der Waals surface area contributed by atoms with Gasteiger partial charge < -0.3 is 5.32 Å². The SMILES string of the molecule is Cc1c(NC(=O)c2ccc(N(Cc3ccccc3F)S(C)(=O)=O)cc2)cccc1[N+](=O)[O-]. The molecule has 0 aliphatic carbocycles. The number of sulfonamides is 1. The number of nitrogens with zero attached hydrogens (tertiary/aromatic N) is 2. The quantitative estimate of drug-likeness (QED) is 0.421. The Labute approximate surface area is 184 Å². The highest BCUT2D eigenvalue weighted by Gasteiger charge is 2.20. The first-order valence-corrected chi connectivity index (χ1v) is 11.3. The van der Waals surface area contributed by atoms with Crippen LogP contribution in [0.2, 0.25) is 0 Å². The van der Waals surface area contributed by atoms with Gasteiger partial charge in [0.1, 0.15) is 5.82 Å². The number of anilines is 2. The number of hydrogen-bond acceptors (Lipinski definition) is 5. The summed E-state index contributed by atoms with van der Waals surface area (Å²) in [5.74, 6) is -1.04. The van der Waals surface area contributed by atoms with E-state index in [0.717, 1.165) is 10.6 Å². The lowest BCUT2D eigenvalue weighted by Gasteiger charge is -2.23. The van der Waals surface area contributed by atoms with Crippen molar-refractivity contribution in [3.63, 3.8) is 0 Å². The molecule has 0 aliphatic rings. The summed E-state index contributed by atoms with van der Waals surface area (Å²) in [4.78, 5) is 23.1. The molecule has 0 aromatic heterocycles. The molecule has 0 saturated carbocycles. The lowest BCUT2D eigenvalue weighted by atomic mass is 10.1. The summed E-state index contributed by atoms with van der Waals surface area (Å²) in [6.45, 7) is 1.33. The third-order valence-electron chi connectivity index (χ3n) is 4.84. The van der Waals surface area contributed by atoms with Gasteiger partial charge in [-0.1, -0.05) is 24.3 Å². The summed E-state index contributed by atoms with van der Waals surface area (Å²) in [6, 6.07) is 16.0. The Morgan fingerprint density at radius 1 is 1.06 bits per heavy atom. The van der Waals surface area contributed by atoms with Crippen LogP contribution in [0.3, 0.4) is 0 Å². The summed E-state index contributed by atoms with van der Waals surface area (Å²) in [5, 5.41) is 13.7. The molecule has 0 atom stereocenters. The van der Waals surface area contributed by atoms with Crippen molar-refractivity contribution in [3.05, 3.63) is 99.4 Å². The summed E-state index contributed by atoms with van der Waals surface area (Å²) in [7, 11) is -3.73. The molecule has 3 aromatic rings. The molecule has 1 amide bonds.